The number of rotatable bonds is 8. The molecule has 1 aromatic carbocycles. The van der Waals surface area contributed by atoms with Gasteiger partial charge in [0.2, 0.25) is 0 Å². The van der Waals surface area contributed by atoms with Gasteiger partial charge in [-0.1, -0.05) is 30.4 Å². The van der Waals surface area contributed by atoms with Crippen molar-refractivity contribution in [3.05, 3.63) is 72.0 Å². The second-order valence-electron chi connectivity index (χ2n) is 6.62. The van der Waals surface area contributed by atoms with Crippen LogP contribution < -0.4 is 5.32 Å². The number of hydrogen-bond donors (Lipinski definition) is 1. The van der Waals surface area contributed by atoms with E-state index in [0.29, 0.717) is 13.1 Å². The van der Waals surface area contributed by atoms with Gasteiger partial charge in [-0.05, 0) is 49.3 Å². The molecule has 0 radical (unpaired) electrons. The summed E-state index contributed by atoms with van der Waals surface area (Å²) in [7, 11) is 0. The number of nitrogens with zero attached hydrogens (tertiary/aromatic N) is 2. The first-order chi connectivity index (χ1) is 12.6. The van der Waals surface area contributed by atoms with Crippen LogP contribution in [-0.2, 0) is 17.6 Å². The molecular weight excluding hydrogens is 322 g/mol. The van der Waals surface area contributed by atoms with Crippen LogP contribution in [0.25, 0.3) is 0 Å². The third-order valence-electron chi connectivity index (χ3n) is 4.62. The van der Waals surface area contributed by atoms with Gasteiger partial charge in [-0.25, -0.2) is 0 Å². The third kappa shape index (κ3) is 5.10. The molecule has 2 rings (SSSR count). The van der Waals surface area contributed by atoms with Gasteiger partial charge < -0.3 is 10.2 Å². The van der Waals surface area contributed by atoms with Crippen LogP contribution >= 0.6 is 0 Å². The minimum atomic E-state index is -0.365. The SMILES string of the molecule is C=CCN(/C=C(/C#N)C(=O)NC(C)c1ccc2c(c1)CCCC2)CC=C. The monoisotopic (exact) mass is 349 g/mol. The summed E-state index contributed by atoms with van der Waals surface area (Å²) in [5, 5.41) is 12.3. The van der Waals surface area contributed by atoms with Crippen LogP contribution in [-0.4, -0.2) is 23.9 Å². The summed E-state index contributed by atoms with van der Waals surface area (Å²) in [5.41, 5.74) is 3.96. The lowest BCUT2D eigenvalue weighted by atomic mass is 9.89. The second kappa shape index (κ2) is 9.62. The number of fused-ring (bicyclic) bond motifs is 1. The zero-order chi connectivity index (χ0) is 18.9. The van der Waals surface area contributed by atoms with Crippen molar-refractivity contribution in [2.45, 2.75) is 38.6 Å². The molecule has 26 heavy (non-hydrogen) atoms. The van der Waals surface area contributed by atoms with E-state index in [2.05, 4.69) is 36.7 Å². The highest BCUT2D eigenvalue weighted by Crippen LogP contribution is 2.24. The van der Waals surface area contributed by atoms with E-state index < -0.39 is 0 Å². The van der Waals surface area contributed by atoms with E-state index in [9.17, 15) is 10.1 Å². The first kappa shape index (κ1) is 19.5. The maximum Gasteiger partial charge on any atom is 0.263 e. The number of benzene rings is 1. The fourth-order valence-corrected chi connectivity index (χ4v) is 3.21. The van der Waals surface area contributed by atoms with Crippen molar-refractivity contribution in [1.29, 1.82) is 5.26 Å². The molecule has 1 unspecified atom stereocenters. The number of amides is 1. The van der Waals surface area contributed by atoms with Crippen LogP contribution in [0.15, 0.2) is 55.3 Å². The number of aryl methyl sites for hydroxylation is 2. The summed E-state index contributed by atoms with van der Waals surface area (Å²) in [6.45, 7) is 10.4. The molecule has 0 saturated heterocycles. The highest BCUT2D eigenvalue weighted by atomic mass is 16.1. The van der Waals surface area contributed by atoms with Gasteiger partial charge in [-0.2, -0.15) is 5.26 Å². The van der Waals surface area contributed by atoms with Crippen LogP contribution in [0.4, 0.5) is 0 Å². The number of nitrogens with one attached hydrogen (secondary N) is 1. The first-order valence-electron chi connectivity index (χ1n) is 9.09. The zero-order valence-electron chi connectivity index (χ0n) is 15.5. The van der Waals surface area contributed by atoms with E-state index >= 15 is 0 Å². The Morgan fingerprint density at radius 2 is 1.92 bits per heavy atom. The van der Waals surface area contributed by atoms with Crippen molar-refractivity contribution in [3.63, 3.8) is 0 Å². The number of nitriles is 1. The molecule has 1 atom stereocenters. The summed E-state index contributed by atoms with van der Waals surface area (Å²) in [5.74, 6) is -0.365. The molecule has 4 heteroatoms. The summed E-state index contributed by atoms with van der Waals surface area (Å²) >= 11 is 0. The van der Waals surface area contributed by atoms with Gasteiger partial charge in [0.05, 0.1) is 6.04 Å². The Morgan fingerprint density at radius 1 is 1.27 bits per heavy atom. The van der Waals surface area contributed by atoms with E-state index in [0.717, 1.165) is 18.4 Å². The fourth-order valence-electron chi connectivity index (χ4n) is 3.21. The van der Waals surface area contributed by atoms with Gasteiger partial charge in [-0.15, -0.1) is 13.2 Å². The molecule has 136 valence electrons. The largest absolute Gasteiger partial charge is 0.369 e. The molecule has 0 aromatic heterocycles. The molecule has 0 fully saturated rings. The van der Waals surface area contributed by atoms with Crippen molar-refractivity contribution in [3.8, 4) is 6.07 Å². The van der Waals surface area contributed by atoms with Gasteiger partial charge in [0, 0.05) is 19.3 Å². The van der Waals surface area contributed by atoms with E-state index in [4.69, 9.17) is 0 Å². The number of hydrogen-bond acceptors (Lipinski definition) is 3. The molecule has 1 amide bonds. The predicted molar refractivity (Wildman–Crippen MR) is 105 cm³/mol. The standard InChI is InChI=1S/C22H27N3O/c1-4-12-25(13-5-2)16-21(15-23)22(26)24-17(3)19-11-10-18-8-6-7-9-20(18)14-19/h4-5,10-11,14,16-17H,1-2,6-9,12-13H2,3H3,(H,24,26)/b21-16-. The molecule has 0 spiro atoms. The Labute approximate surface area is 156 Å². The van der Waals surface area contributed by atoms with Crippen LogP contribution in [0.2, 0.25) is 0 Å². The van der Waals surface area contributed by atoms with Crippen LogP contribution in [0.1, 0.15) is 42.5 Å². The zero-order valence-corrected chi connectivity index (χ0v) is 15.5. The van der Waals surface area contributed by atoms with E-state index in [1.165, 1.54) is 24.0 Å². The molecule has 1 aliphatic rings. The summed E-state index contributed by atoms with van der Waals surface area (Å²) in [6, 6.07) is 8.28. The van der Waals surface area contributed by atoms with Crippen molar-refractivity contribution in [2.75, 3.05) is 13.1 Å². The van der Waals surface area contributed by atoms with Gasteiger partial charge in [0.25, 0.3) is 5.91 Å². The summed E-state index contributed by atoms with van der Waals surface area (Å²) in [6.07, 6.45) is 9.73. The highest BCUT2D eigenvalue weighted by molar-refractivity contribution is 5.97. The number of carbonyl (C=O) groups is 1. The normalized spacial score (nSPS) is 14.5. The predicted octanol–water partition coefficient (Wildman–Crippen LogP) is 3.82. The molecule has 0 heterocycles. The minimum Gasteiger partial charge on any atom is -0.369 e. The Morgan fingerprint density at radius 3 is 2.54 bits per heavy atom. The summed E-state index contributed by atoms with van der Waals surface area (Å²) < 4.78 is 0. The maximum atomic E-state index is 12.5. The maximum absolute atomic E-state index is 12.5. The van der Waals surface area contributed by atoms with E-state index in [1.54, 1.807) is 18.4 Å². The number of carbonyl (C=O) groups excluding carboxylic acids is 1. The Bertz CT molecular complexity index is 732. The topological polar surface area (TPSA) is 56.1 Å². The van der Waals surface area contributed by atoms with Crippen molar-refractivity contribution in [2.24, 2.45) is 0 Å². The Hall–Kier alpha value is -2.80. The minimum absolute atomic E-state index is 0.0820. The highest BCUT2D eigenvalue weighted by Gasteiger charge is 2.17. The third-order valence-corrected chi connectivity index (χ3v) is 4.62. The average molecular weight is 349 g/mol. The molecule has 1 aromatic rings. The van der Waals surface area contributed by atoms with Crippen molar-refractivity contribution in [1.82, 2.24) is 10.2 Å². The van der Waals surface area contributed by atoms with Gasteiger partial charge in [-0.3, -0.25) is 4.79 Å². The molecule has 0 bridgehead atoms. The Balaban J connectivity index is 2.10. The van der Waals surface area contributed by atoms with Crippen LogP contribution in [0.3, 0.4) is 0 Å². The molecule has 4 nitrogen and oxygen atoms in total. The quantitative estimate of drug-likeness (QED) is 0.441. The lowest BCUT2D eigenvalue weighted by molar-refractivity contribution is -0.117. The first-order valence-corrected chi connectivity index (χ1v) is 9.09. The average Bonchev–Trinajstić information content (AvgIpc) is 2.65. The van der Waals surface area contributed by atoms with Crippen molar-refractivity contribution < 1.29 is 4.79 Å². The lowest BCUT2D eigenvalue weighted by Crippen LogP contribution is -2.29. The Kier molecular flexibility index (Phi) is 7.23. The fraction of sp³-hybridized carbons (Fsp3) is 0.364. The smallest absolute Gasteiger partial charge is 0.263 e. The summed E-state index contributed by atoms with van der Waals surface area (Å²) in [4.78, 5) is 14.3. The lowest BCUT2D eigenvalue weighted by Gasteiger charge is -2.20. The second-order valence-corrected chi connectivity index (χ2v) is 6.62. The van der Waals surface area contributed by atoms with Gasteiger partial charge in [0.15, 0.2) is 0 Å². The molecular formula is C22H27N3O. The van der Waals surface area contributed by atoms with Gasteiger partial charge >= 0.3 is 0 Å². The van der Waals surface area contributed by atoms with Crippen LogP contribution in [0, 0.1) is 11.3 Å². The van der Waals surface area contributed by atoms with E-state index in [1.807, 2.05) is 17.9 Å². The van der Waals surface area contributed by atoms with Gasteiger partial charge in [0.1, 0.15) is 11.6 Å². The van der Waals surface area contributed by atoms with Crippen molar-refractivity contribution >= 4 is 5.91 Å². The van der Waals surface area contributed by atoms with Crippen LogP contribution in [0.5, 0.6) is 0 Å². The molecule has 1 N–H and O–H groups in total. The molecule has 0 aliphatic heterocycles. The van der Waals surface area contributed by atoms with E-state index in [-0.39, 0.29) is 17.5 Å². The molecule has 0 saturated carbocycles. The molecule has 1 aliphatic carbocycles.